The fraction of sp³-hybridized carbons (Fsp3) is 0.632. The summed E-state index contributed by atoms with van der Waals surface area (Å²) in [6.07, 6.45) is 3.71. The van der Waals surface area contributed by atoms with E-state index in [1.54, 1.807) is 0 Å². The van der Waals surface area contributed by atoms with Gasteiger partial charge >= 0.3 is 6.09 Å². The van der Waals surface area contributed by atoms with Crippen molar-refractivity contribution >= 4 is 6.09 Å². The van der Waals surface area contributed by atoms with Gasteiger partial charge < -0.3 is 19.5 Å². The van der Waals surface area contributed by atoms with Gasteiger partial charge in [0.1, 0.15) is 11.4 Å². The molecule has 1 aliphatic carbocycles. The van der Waals surface area contributed by atoms with Crippen LogP contribution in [0.3, 0.4) is 0 Å². The predicted molar refractivity (Wildman–Crippen MR) is 91.2 cm³/mol. The zero-order chi connectivity index (χ0) is 17.2. The predicted octanol–water partition coefficient (Wildman–Crippen LogP) is 3.97. The van der Waals surface area contributed by atoms with Gasteiger partial charge in [0.2, 0.25) is 0 Å². The number of benzene rings is 1. The van der Waals surface area contributed by atoms with E-state index in [4.69, 9.17) is 14.2 Å². The van der Waals surface area contributed by atoms with Crippen molar-refractivity contribution in [2.75, 3.05) is 6.61 Å². The van der Waals surface area contributed by atoms with Gasteiger partial charge in [0.25, 0.3) is 0 Å². The van der Waals surface area contributed by atoms with Crippen molar-refractivity contribution in [2.24, 2.45) is 0 Å². The third kappa shape index (κ3) is 4.87. The number of alkyl carbamates (subject to hydrolysis) is 1. The standard InChI is InChI=1S/C19H27NO4/c1-19(2,3)24-18(21)20-16-12-15(16)13-7-9-14(10-8-13)23-17-6-4-5-11-22-17/h7-10,15-17H,4-6,11-12H2,1-3H3,(H,20,21)/t15-,16+,17+/m1/s1. The number of hydrogen-bond acceptors (Lipinski definition) is 4. The Morgan fingerprint density at radius 2 is 1.96 bits per heavy atom. The first kappa shape index (κ1) is 17.1. The van der Waals surface area contributed by atoms with Crippen LogP contribution in [0.4, 0.5) is 4.79 Å². The molecule has 1 saturated heterocycles. The summed E-state index contributed by atoms with van der Waals surface area (Å²) in [7, 11) is 0. The first-order valence-electron chi connectivity index (χ1n) is 8.78. The summed E-state index contributed by atoms with van der Waals surface area (Å²) in [4.78, 5) is 11.8. The van der Waals surface area contributed by atoms with Crippen LogP contribution >= 0.6 is 0 Å². The van der Waals surface area contributed by atoms with E-state index < -0.39 is 5.60 Å². The van der Waals surface area contributed by atoms with Crippen LogP contribution in [0.2, 0.25) is 0 Å². The largest absolute Gasteiger partial charge is 0.465 e. The molecule has 2 fully saturated rings. The van der Waals surface area contributed by atoms with Gasteiger partial charge in [0.15, 0.2) is 6.29 Å². The molecule has 0 radical (unpaired) electrons. The van der Waals surface area contributed by atoms with Gasteiger partial charge in [-0.2, -0.15) is 0 Å². The molecule has 24 heavy (non-hydrogen) atoms. The molecule has 1 aromatic rings. The van der Waals surface area contributed by atoms with Gasteiger partial charge in [-0.15, -0.1) is 0 Å². The minimum absolute atomic E-state index is 0.118. The molecule has 0 bridgehead atoms. The lowest BCUT2D eigenvalue weighted by atomic mass is 10.1. The molecule has 0 aromatic heterocycles. The Balaban J connectivity index is 1.47. The van der Waals surface area contributed by atoms with Crippen molar-refractivity contribution in [1.82, 2.24) is 5.32 Å². The van der Waals surface area contributed by atoms with Gasteiger partial charge in [-0.3, -0.25) is 0 Å². The molecule has 3 atom stereocenters. The molecule has 5 nitrogen and oxygen atoms in total. The highest BCUT2D eigenvalue weighted by molar-refractivity contribution is 5.69. The Labute approximate surface area is 143 Å². The van der Waals surface area contributed by atoms with E-state index in [-0.39, 0.29) is 18.4 Å². The smallest absolute Gasteiger partial charge is 0.407 e. The highest BCUT2D eigenvalue weighted by Crippen LogP contribution is 2.41. The number of hydrogen-bond donors (Lipinski definition) is 1. The van der Waals surface area contributed by atoms with Crippen molar-refractivity contribution in [2.45, 2.75) is 70.3 Å². The van der Waals surface area contributed by atoms with E-state index in [9.17, 15) is 4.79 Å². The summed E-state index contributed by atoms with van der Waals surface area (Å²) >= 11 is 0. The number of nitrogens with one attached hydrogen (secondary N) is 1. The van der Waals surface area contributed by atoms with Crippen LogP contribution in [-0.2, 0) is 9.47 Å². The first-order valence-corrected chi connectivity index (χ1v) is 8.78. The SMILES string of the molecule is CC(C)(C)OC(=O)N[C@H]1C[C@@H]1c1ccc(O[C@H]2CCCCO2)cc1. The zero-order valence-electron chi connectivity index (χ0n) is 14.7. The summed E-state index contributed by atoms with van der Waals surface area (Å²) in [5.41, 5.74) is 0.752. The summed E-state index contributed by atoms with van der Waals surface area (Å²) in [6, 6.07) is 8.26. The molecule has 0 spiro atoms. The third-order valence-corrected chi connectivity index (χ3v) is 4.21. The van der Waals surface area contributed by atoms with Crippen LogP contribution in [0.15, 0.2) is 24.3 Å². The molecule has 1 heterocycles. The molecule has 1 aliphatic heterocycles. The summed E-state index contributed by atoms with van der Waals surface area (Å²) < 4.78 is 16.7. The van der Waals surface area contributed by atoms with E-state index >= 15 is 0 Å². The first-order chi connectivity index (χ1) is 11.4. The molecule has 0 unspecified atom stereocenters. The van der Waals surface area contributed by atoms with Gasteiger partial charge in [-0.05, 0) is 57.7 Å². The van der Waals surface area contributed by atoms with Crippen LogP contribution in [0, 0.1) is 0 Å². The summed E-state index contributed by atoms with van der Waals surface area (Å²) in [5, 5.41) is 2.93. The van der Waals surface area contributed by atoms with Gasteiger partial charge in [0.05, 0.1) is 6.61 Å². The highest BCUT2D eigenvalue weighted by atomic mass is 16.7. The molecule has 1 aromatic carbocycles. The van der Waals surface area contributed by atoms with Crippen LogP contribution in [0.25, 0.3) is 0 Å². The lowest BCUT2D eigenvalue weighted by molar-refractivity contribution is -0.105. The second-order valence-electron chi connectivity index (χ2n) is 7.58. The lowest BCUT2D eigenvalue weighted by Crippen LogP contribution is -2.34. The average molecular weight is 333 g/mol. The highest BCUT2D eigenvalue weighted by Gasteiger charge is 2.40. The summed E-state index contributed by atoms with van der Waals surface area (Å²) in [6.45, 7) is 6.38. The fourth-order valence-electron chi connectivity index (χ4n) is 2.93. The van der Waals surface area contributed by atoms with Crippen molar-refractivity contribution in [1.29, 1.82) is 0 Å². The molecule has 132 valence electrons. The normalized spacial score (nSPS) is 26.5. The van der Waals surface area contributed by atoms with Crippen molar-refractivity contribution < 1.29 is 19.0 Å². The maximum absolute atomic E-state index is 11.8. The average Bonchev–Trinajstić information content (AvgIpc) is 3.26. The maximum Gasteiger partial charge on any atom is 0.407 e. The quantitative estimate of drug-likeness (QED) is 0.906. The Hall–Kier alpha value is -1.75. The second-order valence-corrected chi connectivity index (χ2v) is 7.58. The molecule has 5 heteroatoms. The maximum atomic E-state index is 11.8. The molecule has 1 amide bonds. The van der Waals surface area contributed by atoms with Crippen LogP contribution in [0.1, 0.15) is 57.9 Å². The molecule has 3 rings (SSSR count). The van der Waals surface area contributed by atoms with E-state index in [1.807, 2.05) is 32.9 Å². The fourth-order valence-corrected chi connectivity index (χ4v) is 2.93. The Kier molecular flexibility index (Phi) is 4.99. The van der Waals surface area contributed by atoms with Gasteiger partial charge in [-0.25, -0.2) is 4.79 Å². The number of carbonyl (C=O) groups excluding carboxylic acids is 1. The van der Waals surface area contributed by atoms with Crippen LogP contribution < -0.4 is 10.1 Å². The van der Waals surface area contributed by atoms with E-state index in [0.29, 0.717) is 5.92 Å². The number of amides is 1. The zero-order valence-corrected chi connectivity index (χ0v) is 14.7. The number of rotatable bonds is 4. The molecule has 1 saturated carbocycles. The minimum atomic E-state index is -0.464. The number of carbonyl (C=O) groups is 1. The third-order valence-electron chi connectivity index (χ3n) is 4.21. The molecular weight excluding hydrogens is 306 g/mol. The number of ether oxygens (including phenoxy) is 3. The van der Waals surface area contributed by atoms with Crippen molar-refractivity contribution in [3.8, 4) is 5.75 Å². The van der Waals surface area contributed by atoms with E-state index in [1.165, 1.54) is 5.56 Å². The van der Waals surface area contributed by atoms with Crippen molar-refractivity contribution in [3.05, 3.63) is 29.8 Å². The lowest BCUT2D eigenvalue weighted by Gasteiger charge is -2.23. The molecular formula is C19H27NO4. The topological polar surface area (TPSA) is 56.8 Å². The van der Waals surface area contributed by atoms with Gasteiger partial charge in [0, 0.05) is 18.4 Å². The Bertz CT molecular complexity index is 558. The summed E-state index contributed by atoms with van der Waals surface area (Å²) in [5.74, 6) is 1.19. The minimum Gasteiger partial charge on any atom is -0.465 e. The molecule has 2 aliphatic rings. The molecule has 1 N–H and O–H groups in total. The van der Waals surface area contributed by atoms with Crippen molar-refractivity contribution in [3.63, 3.8) is 0 Å². The van der Waals surface area contributed by atoms with Gasteiger partial charge in [-0.1, -0.05) is 12.1 Å². The Morgan fingerprint density at radius 1 is 1.21 bits per heavy atom. The Morgan fingerprint density at radius 3 is 2.58 bits per heavy atom. The monoisotopic (exact) mass is 333 g/mol. The van der Waals surface area contributed by atoms with E-state index in [0.717, 1.165) is 38.0 Å². The second kappa shape index (κ2) is 7.01. The van der Waals surface area contributed by atoms with E-state index in [2.05, 4.69) is 17.4 Å². The van der Waals surface area contributed by atoms with Crippen LogP contribution in [-0.4, -0.2) is 30.6 Å². The van der Waals surface area contributed by atoms with Crippen LogP contribution in [0.5, 0.6) is 5.75 Å².